The molecule has 9 heteroatoms. The van der Waals surface area contributed by atoms with Crippen molar-refractivity contribution < 1.29 is 30.9 Å². The summed E-state index contributed by atoms with van der Waals surface area (Å²) in [5, 5.41) is 9.54. The Bertz CT molecular complexity index is 1380. The van der Waals surface area contributed by atoms with Gasteiger partial charge in [-0.15, -0.1) is 0 Å². The SMILES string of the molecule is N#Cc1cc(SOc2c(F)c(F)c(F)c(F)c2F)ccc1Oc1ccccc1-c1ccccc1. The van der Waals surface area contributed by atoms with Crippen molar-refractivity contribution in [1.29, 1.82) is 5.26 Å². The Labute approximate surface area is 195 Å². The van der Waals surface area contributed by atoms with Gasteiger partial charge in [-0.1, -0.05) is 48.5 Å². The lowest BCUT2D eigenvalue weighted by atomic mass is 10.0. The van der Waals surface area contributed by atoms with Gasteiger partial charge in [0, 0.05) is 10.5 Å². The smallest absolute Gasteiger partial charge is 0.215 e. The third-order valence-electron chi connectivity index (χ3n) is 4.65. The van der Waals surface area contributed by atoms with E-state index in [1.807, 2.05) is 48.5 Å². The fourth-order valence-corrected chi connectivity index (χ4v) is 3.63. The second kappa shape index (κ2) is 9.85. The average molecular weight is 485 g/mol. The van der Waals surface area contributed by atoms with Crippen LogP contribution in [0, 0.1) is 40.4 Å². The highest BCUT2D eigenvalue weighted by Crippen LogP contribution is 2.37. The van der Waals surface area contributed by atoms with Gasteiger partial charge < -0.3 is 8.92 Å². The monoisotopic (exact) mass is 485 g/mol. The summed E-state index contributed by atoms with van der Waals surface area (Å²) in [5.74, 6) is -11.5. The van der Waals surface area contributed by atoms with Gasteiger partial charge in [0.15, 0.2) is 0 Å². The molecular weight excluding hydrogens is 473 g/mol. The predicted octanol–water partition coefficient (Wildman–Crippen LogP) is 7.80. The van der Waals surface area contributed by atoms with Crippen LogP contribution in [0.15, 0.2) is 77.7 Å². The van der Waals surface area contributed by atoms with Crippen molar-refractivity contribution in [3.05, 3.63) is 107 Å². The Kier molecular flexibility index (Phi) is 6.70. The molecular formula is C25H12F5NO2S. The summed E-state index contributed by atoms with van der Waals surface area (Å²) in [5.41, 5.74) is 1.76. The Hall–Kier alpha value is -4.03. The quantitative estimate of drug-likeness (QED) is 0.121. The van der Waals surface area contributed by atoms with E-state index >= 15 is 0 Å². The van der Waals surface area contributed by atoms with Crippen LogP contribution >= 0.6 is 12.0 Å². The molecule has 0 aliphatic heterocycles. The third kappa shape index (κ3) is 4.54. The van der Waals surface area contributed by atoms with Crippen LogP contribution in [0.5, 0.6) is 17.2 Å². The second-order valence-corrected chi connectivity index (χ2v) is 7.60. The fourth-order valence-electron chi connectivity index (χ4n) is 3.02. The molecule has 0 radical (unpaired) electrons. The normalized spacial score (nSPS) is 10.6. The Morgan fingerprint density at radius 2 is 1.29 bits per heavy atom. The van der Waals surface area contributed by atoms with E-state index in [0.29, 0.717) is 17.8 Å². The van der Waals surface area contributed by atoms with Crippen LogP contribution in [0.1, 0.15) is 5.56 Å². The maximum absolute atomic E-state index is 13.8. The number of rotatable bonds is 6. The summed E-state index contributed by atoms with van der Waals surface area (Å²) in [6.07, 6.45) is 0. The summed E-state index contributed by atoms with van der Waals surface area (Å²) in [6, 6.07) is 22.8. The first kappa shape index (κ1) is 23.1. The van der Waals surface area contributed by atoms with Gasteiger partial charge in [0.05, 0.1) is 17.6 Å². The highest BCUT2D eigenvalue weighted by molar-refractivity contribution is 7.95. The lowest BCUT2D eigenvalue weighted by Crippen LogP contribution is -2.03. The molecule has 0 bridgehead atoms. The number of ether oxygens (including phenoxy) is 1. The number of halogens is 5. The van der Waals surface area contributed by atoms with E-state index < -0.39 is 34.8 Å². The molecule has 0 spiro atoms. The molecule has 4 rings (SSSR count). The van der Waals surface area contributed by atoms with Crippen LogP contribution < -0.4 is 8.92 Å². The van der Waals surface area contributed by atoms with Gasteiger partial charge in [-0.25, -0.2) is 13.2 Å². The average Bonchev–Trinajstić information content (AvgIpc) is 2.87. The van der Waals surface area contributed by atoms with Gasteiger partial charge in [-0.05, 0) is 29.8 Å². The first-order valence-corrected chi connectivity index (χ1v) is 10.4. The van der Waals surface area contributed by atoms with E-state index in [4.69, 9.17) is 8.92 Å². The fraction of sp³-hybridized carbons (Fsp3) is 0. The van der Waals surface area contributed by atoms with Crippen LogP contribution in [-0.2, 0) is 0 Å². The largest absolute Gasteiger partial charge is 0.455 e. The van der Waals surface area contributed by atoms with E-state index in [1.165, 1.54) is 18.2 Å². The van der Waals surface area contributed by atoms with Crippen LogP contribution in [0.25, 0.3) is 11.1 Å². The predicted molar refractivity (Wildman–Crippen MR) is 116 cm³/mol. The first-order valence-electron chi connectivity index (χ1n) is 9.63. The summed E-state index contributed by atoms with van der Waals surface area (Å²) >= 11 is 0.327. The maximum Gasteiger partial charge on any atom is 0.215 e. The molecule has 3 nitrogen and oxygen atoms in total. The standard InChI is InChI=1S/C25H12F5NO2S/c26-20-21(27)23(29)25(24(30)22(20)28)33-34-16-10-11-18(15(12-16)13-31)32-19-9-5-4-8-17(19)14-6-2-1-3-7-14/h1-12H. The maximum atomic E-state index is 13.8. The lowest BCUT2D eigenvalue weighted by molar-refractivity contribution is 0.355. The number of para-hydroxylation sites is 1. The lowest BCUT2D eigenvalue weighted by Gasteiger charge is -2.13. The van der Waals surface area contributed by atoms with Gasteiger partial charge in [0.2, 0.25) is 34.8 Å². The molecule has 0 unspecified atom stereocenters. The summed E-state index contributed by atoms with van der Waals surface area (Å²) in [6.45, 7) is 0. The highest BCUT2D eigenvalue weighted by atomic mass is 32.2. The molecule has 170 valence electrons. The number of nitrogens with zero attached hydrogens (tertiary/aromatic N) is 1. The van der Waals surface area contributed by atoms with Crippen LogP contribution in [-0.4, -0.2) is 0 Å². The molecule has 0 aromatic heterocycles. The highest BCUT2D eigenvalue weighted by Gasteiger charge is 2.27. The topological polar surface area (TPSA) is 42.2 Å². The molecule has 0 saturated carbocycles. The van der Waals surface area contributed by atoms with Crippen LogP contribution in [0.4, 0.5) is 22.0 Å². The Morgan fingerprint density at radius 3 is 1.97 bits per heavy atom. The zero-order chi connectivity index (χ0) is 24.2. The van der Waals surface area contributed by atoms with Crippen molar-refractivity contribution in [2.45, 2.75) is 4.90 Å². The summed E-state index contributed by atoms with van der Waals surface area (Å²) in [7, 11) is 0. The van der Waals surface area contributed by atoms with E-state index in [0.717, 1.165) is 11.1 Å². The number of hydrogen-bond donors (Lipinski definition) is 0. The second-order valence-electron chi connectivity index (χ2n) is 6.80. The number of benzene rings is 4. The molecule has 0 fully saturated rings. The number of nitriles is 1. The zero-order valence-corrected chi connectivity index (χ0v) is 17.8. The van der Waals surface area contributed by atoms with Gasteiger partial charge in [-0.3, -0.25) is 0 Å². The minimum absolute atomic E-state index is 0.0638. The van der Waals surface area contributed by atoms with E-state index in [-0.39, 0.29) is 16.2 Å². The van der Waals surface area contributed by atoms with E-state index in [1.54, 1.807) is 12.1 Å². The van der Waals surface area contributed by atoms with Crippen molar-refractivity contribution >= 4 is 12.0 Å². The molecule has 0 aliphatic rings. The Balaban J connectivity index is 1.59. The zero-order valence-electron chi connectivity index (χ0n) is 17.0. The molecule has 0 amide bonds. The van der Waals surface area contributed by atoms with Crippen molar-refractivity contribution in [3.8, 4) is 34.4 Å². The first-order chi connectivity index (χ1) is 16.4. The molecule has 0 saturated heterocycles. The molecule has 0 atom stereocenters. The van der Waals surface area contributed by atoms with Crippen LogP contribution in [0.2, 0.25) is 0 Å². The van der Waals surface area contributed by atoms with Crippen molar-refractivity contribution in [3.63, 3.8) is 0 Å². The molecule has 34 heavy (non-hydrogen) atoms. The molecule has 4 aromatic carbocycles. The Morgan fingerprint density at radius 1 is 0.676 bits per heavy atom. The van der Waals surface area contributed by atoms with E-state index in [9.17, 15) is 27.2 Å². The third-order valence-corrected chi connectivity index (χ3v) is 5.35. The molecule has 0 aliphatic carbocycles. The molecule has 0 N–H and O–H groups in total. The summed E-state index contributed by atoms with van der Waals surface area (Å²) < 4.78 is 78.2. The van der Waals surface area contributed by atoms with Crippen molar-refractivity contribution in [2.75, 3.05) is 0 Å². The van der Waals surface area contributed by atoms with E-state index in [2.05, 4.69) is 0 Å². The van der Waals surface area contributed by atoms with Gasteiger partial charge >= 0.3 is 0 Å². The van der Waals surface area contributed by atoms with Gasteiger partial charge in [0.25, 0.3) is 0 Å². The minimum Gasteiger partial charge on any atom is -0.455 e. The van der Waals surface area contributed by atoms with Gasteiger partial charge in [0.1, 0.15) is 17.6 Å². The van der Waals surface area contributed by atoms with Gasteiger partial charge in [-0.2, -0.15) is 14.0 Å². The van der Waals surface area contributed by atoms with Crippen molar-refractivity contribution in [1.82, 2.24) is 0 Å². The van der Waals surface area contributed by atoms with Crippen LogP contribution in [0.3, 0.4) is 0 Å². The molecule has 4 aromatic rings. The minimum atomic E-state index is -2.28. The van der Waals surface area contributed by atoms with Crippen molar-refractivity contribution in [2.24, 2.45) is 0 Å². The molecule has 0 heterocycles. The number of hydrogen-bond acceptors (Lipinski definition) is 4. The summed E-state index contributed by atoms with van der Waals surface area (Å²) in [4.78, 5) is 0.171.